The van der Waals surface area contributed by atoms with E-state index in [0.29, 0.717) is 36.7 Å². The van der Waals surface area contributed by atoms with Crippen LogP contribution in [-0.4, -0.2) is 37.1 Å². The highest BCUT2D eigenvalue weighted by molar-refractivity contribution is 7.90. The van der Waals surface area contributed by atoms with Crippen LogP contribution in [0.25, 0.3) is 0 Å². The van der Waals surface area contributed by atoms with E-state index in [2.05, 4.69) is 9.82 Å². The molecule has 1 atom stereocenters. The molecule has 0 bridgehead atoms. The first-order valence-corrected chi connectivity index (χ1v) is 10.6. The molecule has 2 aromatic rings. The highest BCUT2D eigenvalue weighted by Gasteiger charge is 2.34. The monoisotopic (exact) mass is 411 g/mol. The highest BCUT2D eigenvalue weighted by Crippen LogP contribution is 2.38. The summed E-state index contributed by atoms with van der Waals surface area (Å²) in [6.07, 6.45) is 1.21. The number of sulfonamides is 1. The van der Waals surface area contributed by atoms with Gasteiger partial charge >= 0.3 is 0 Å². The number of carbonyl (C=O) groups excluding carboxylic acids is 1. The zero-order valence-corrected chi connectivity index (χ0v) is 17.0. The number of methoxy groups -OCH3 is 1. The van der Waals surface area contributed by atoms with E-state index in [9.17, 15) is 13.2 Å². The van der Waals surface area contributed by atoms with Crippen LogP contribution < -0.4 is 9.46 Å². The second kappa shape index (κ2) is 7.52. The summed E-state index contributed by atoms with van der Waals surface area (Å²) in [4.78, 5) is 12.8. The molecule has 1 N–H and O–H groups in total. The Morgan fingerprint density at radius 1 is 1.41 bits per heavy atom. The second-order valence-corrected chi connectivity index (χ2v) is 8.50. The van der Waals surface area contributed by atoms with Gasteiger partial charge in [0.15, 0.2) is 0 Å². The van der Waals surface area contributed by atoms with Crippen molar-refractivity contribution in [1.29, 1.82) is 0 Å². The zero-order valence-electron chi connectivity index (χ0n) is 15.5. The lowest BCUT2D eigenvalue weighted by molar-refractivity contribution is -0.120. The Labute approximate surface area is 163 Å². The lowest BCUT2D eigenvalue weighted by atomic mass is 10.0. The maximum atomic E-state index is 12.9. The summed E-state index contributed by atoms with van der Waals surface area (Å²) in [7, 11) is -2.45. The summed E-state index contributed by atoms with van der Waals surface area (Å²) in [5, 5.41) is 4.21. The fourth-order valence-electron chi connectivity index (χ4n) is 3.71. The molecule has 1 heterocycles. The van der Waals surface area contributed by atoms with Gasteiger partial charge in [-0.15, -0.1) is 11.6 Å². The van der Waals surface area contributed by atoms with Crippen molar-refractivity contribution >= 4 is 27.5 Å². The van der Waals surface area contributed by atoms with Crippen LogP contribution in [0.5, 0.6) is 5.75 Å². The van der Waals surface area contributed by atoms with Gasteiger partial charge in [0, 0.05) is 5.88 Å². The molecule has 146 valence electrons. The third-order valence-corrected chi connectivity index (χ3v) is 6.65. The van der Waals surface area contributed by atoms with Gasteiger partial charge in [-0.05, 0) is 43.9 Å². The topological polar surface area (TPSA) is 90.3 Å². The minimum absolute atomic E-state index is 0.0322. The molecule has 0 aliphatic heterocycles. The van der Waals surface area contributed by atoms with E-state index in [4.69, 9.17) is 16.3 Å². The number of rotatable bonds is 6. The van der Waals surface area contributed by atoms with Gasteiger partial charge in [0.25, 0.3) is 10.0 Å². The number of aromatic nitrogens is 2. The molecule has 0 fully saturated rings. The minimum Gasteiger partial charge on any atom is -0.496 e. The maximum absolute atomic E-state index is 12.9. The van der Waals surface area contributed by atoms with Crippen LogP contribution in [0, 0.1) is 13.8 Å². The molecule has 1 unspecified atom stereocenters. The van der Waals surface area contributed by atoms with Crippen molar-refractivity contribution in [2.45, 2.75) is 44.0 Å². The molecule has 0 radical (unpaired) electrons. The van der Waals surface area contributed by atoms with Crippen LogP contribution in [0.15, 0.2) is 23.1 Å². The first kappa shape index (κ1) is 19.7. The van der Waals surface area contributed by atoms with E-state index in [1.807, 2.05) is 18.2 Å². The normalized spacial score (nSPS) is 16.2. The van der Waals surface area contributed by atoms with Crippen LogP contribution in [-0.2, 0) is 27.8 Å². The molecule has 1 amide bonds. The summed E-state index contributed by atoms with van der Waals surface area (Å²) >= 11 is 5.74. The van der Waals surface area contributed by atoms with Crippen LogP contribution in [0.2, 0.25) is 0 Å². The van der Waals surface area contributed by atoms with Gasteiger partial charge in [-0.3, -0.25) is 9.48 Å². The highest BCUT2D eigenvalue weighted by atomic mass is 35.5. The predicted octanol–water partition coefficient (Wildman–Crippen LogP) is 2.28. The Hall–Kier alpha value is -2.06. The van der Waals surface area contributed by atoms with Gasteiger partial charge in [-0.25, -0.2) is 13.1 Å². The van der Waals surface area contributed by atoms with Crippen LogP contribution in [0.1, 0.15) is 34.9 Å². The largest absolute Gasteiger partial charge is 0.496 e. The summed E-state index contributed by atoms with van der Waals surface area (Å²) in [5.41, 5.74) is 2.57. The van der Waals surface area contributed by atoms with Crippen LogP contribution in [0.3, 0.4) is 0 Å². The molecule has 0 saturated heterocycles. The molecule has 1 aliphatic rings. The first-order chi connectivity index (χ1) is 12.8. The van der Waals surface area contributed by atoms with Crippen molar-refractivity contribution in [1.82, 2.24) is 14.5 Å². The number of halogens is 1. The average Bonchev–Trinajstić information content (AvgIpc) is 3.16. The van der Waals surface area contributed by atoms with Crippen LogP contribution >= 0.6 is 11.6 Å². The minimum atomic E-state index is -4.03. The summed E-state index contributed by atoms with van der Waals surface area (Å²) in [6, 6.07) is 5.49. The van der Waals surface area contributed by atoms with E-state index in [1.54, 1.807) is 21.0 Å². The van der Waals surface area contributed by atoms with Crippen molar-refractivity contribution in [2.24, 2.45) is 0 Å². The van der Waals surface area contributed by atoms with Gasteiger partial charge in [-0.1, -0.05) is 12.1 Å². The van der Waals surface area contributed by atoms with Gasteiger partial charge in [0.1, 0.15) is 10.6 Å². The van der Waals surface area contributed by atoms with Crippen molar-refractivity contribution in [3.8, 4) is 5.75 Å². The van der Waals surface area contributed by atoms with E-state index in [0.717, 1.165) is 16.9 Å². The Balaban J connectivity index is 1.88. The van der Waals surface area contributed by atoms with Crippen molar-refractivity contribution in [3.63, 3.8) is 0 Å². The number of hydrogen-bond donors (Lipinski definition) is 1. The third-order valence-electron chi connectivity index (χ3n) is 4.88. The lowest BCUT2D eigenvalue weighted by Gasteiger charge is -2.14. The lowest BCUT2D eigenvalue weighted by Crippen LogP contribution is -2.34. The van der Waals surface area contributed by atoms with E-state index in [-0.39, 0.29) is 4.90 Å². The number of nitrogens with one attached hydrogen (secondary N) is 1. The number of amides is 1. The number of carbonyl (C=O) groups is 1. The Bertz CT molecular complexity index is 985. The fraction of sp³-hybridized carbons (Fsp3) is 0.444. The Kier molecular flexibility index (Phi) is 5.48. The molecule has 0 spiro atoms. The van der Waals surface area contributed by atoms with Crippen molar-refractivity contribution in [2.75, 3.05) is 13.0 Å². The standard InChI is InChI=1S/C18H22ClN3O4S/c1-11-17(12(2)22(20-11)10-9-19)27(24,25)21-18(23)15-8-7-14-13(15)5-4-6-16(14)26-3/h4-6,15H,7-10H2,1-3H3,(H,21,23). The molecule has 1 aliphatic carbocycles. The summed E-state index contributed by atoms with van der Waals surface area (Å²) < 4.78 is 34.8. The zero-order chi connectivity index (χ0) is 19.8. The SMILES string of the molecule is COc1cccc2c1CCC2C(=O)NS(=O)(=O)c1c(C)nn(CCCl)c1C. The second-order valence-electron chi connectivity index (χ2n) is 6.50. The smallest absolute Gasteiger partial charge is 0.267 e. The first-order valence-electron chi connectivity index (χ1n) is 8.62. The molecule has 9 heteroatoms. The Morgan fingerprint density at radius 2 is 2.15 bits per heavy atom. The molecular weight excluding hydrogens is 390 g/mol. The average molecular weight is 412 g/mol. The molecule has 7 nitrogen and oxygen atoms in total. The fourth-order valence-corrected chi connectivity index (χ4v) is 5.30. The van der Waals surface area contributed by atoms with Gasteiger partial charge < -0.3 is 4.74 Å². The molecule has 27 heavy (non-hydrogen) atoms. The number of hydrogen-bond acceptors (Lipinski definition) is 5. The molecule has 3 rings (SSSR count). The van der Waals surface area contributed by atoms with Gasteiger partial charge in [0.05, 0.1) is 31.0 Å². The number of ether oxygens (including phenoxy) is 1. The maximum Gasteiger partial charge on any atom is 0.267 e. The van der Waals surface area contributed by atoms with Gasteiger partial charge in [0.2, 0.25) is 5.91 Å². The third kappa shape index (κ3) is 3.55. The van der Waals surface area contributed by atoms with Crippen LogP contribution in [0.4, 0.5) is 0 Å². The molecular formula is C18H22ClN3O4S. The van der Waals surface area contributed by atoms with E-state index in [1.165, 1.54) is 4.68 Å². The van der Waals surface area contributed by atoms with E-state index >= 15 is 0 Å². The summed E-state index contributed by atoms with van der Waals surface area (Å²) in [6.45, 7) is 3.65. The predicted molar refractivity (Wildman–Crippen MR) is 102 cm³/mol. The number of nitrogens with zero attached hydrogens (tertiary/aromatic N) is 2. The molecule has 0 saturated carbocycles. The van der Waals surface area contributed by atoms with E-state index < -0.39 is 21.8 Å². The number of benzene rings is 1. The number of alkyl halides is 1. The summed E-state index contributed by atoms with van der Waals surface area (Å²) in [5.74, 6) is -0.0249. The van der Waals surface area contributed by atoms with Crippen molar-refractivity contribution < 1.29 is 17.9 Å². The van der Waals surface area contributed by atoms with Gasteiger partial charge in [-0.2, -0.15) is 5.10 Å². The quantitative estimate of drug-likeness (QED) is 0.736. The van der Waals surface area contributed by atoms with Crippen molar-refractivity contribution in [3.05, 3.63) is 40.7 Å². The Morgan fingerprint density at radius 3 is 2.81 bits per heavy atom. The molecule has 1 aromatic heterocycles. The number of fused-ring (bicyclic) bond motifs is 1. The molecule has 1 aromatic carbocycles. The number of aryl methyl sites for hydroxylation is 2.